The van der Waals surface area contributed by atoms with Crippen LogP contribution in [0.1, 0.15) is 30.4 Å². The number of amides is 1. The molecular formula is C18H18F3NO2. The van der Waals surface area contributed by atoms with Crippen LogP contribution >= 0.6 is 0 Å². The van der Waals surface area contributed by atoms with Crippen LogP contribution in [-0.2, 0) is 11.3 Å². The van der Waals surface area contributed by atoms with Gasteiger partial charge in [-0.2, -0.15) is 0 Å². The van der Waals surface area contributed by atoms with Crippen molar-refractivity contribution < 1.29 is 22.7 Å². The molecular weight excluding hydrogens is 319 g/mol. The molecule has 2 aromatic carbocycles. The van der Waals surface area contributed by atoms with Gasteiger partial charge in [0.1, 0.15) is 5.75 Å². The number of hydrogen-bond donors (Lipinski definition) is 1. The largest absolute Gasteiger partial charge is 0.573 e. The van der Waals surface area contributed by atoms with Crippen LogP contribution in [0.15, 0.2) is 54.6 Å². The molecule has 1 amide bonds. The SMILES string of the molecule is CC(CC(=O)NCc1ccccc1OC(F)(F)F)c1ccccc1. The summed E-state index contributed by atoms with van der Waals surface area (Å²) in [4.78, 5) is 12.0. The minimum atomic E-state index is -4.76. The molecule has 0 aliphatic rings. The Morgan fingerprint density at radius 1 is 1.08 bits per heavy atom. The van der Waals surface area contributed by atoms with E-state index in [4.69, 9.17) is 0 Å². The second kappa shape index (κ2) is 7.86. The zero-order valence-corrected chi connectivity index (χ0v) is 13.1. The average Bonchev–Trinajstić information content (AvgIpc) is 2.53. The second-order valence-electron chi connectivity index (χ2n) is 5.45. The fourth-order valence-corrected chi connectivity index (χ4v) is 2.32. The summed E-state index contributed by atoms with van der Waals surface area (Å²) in [6, 6.07) is 15.3. The lowest BCUT2D eigenvalue weighted by atomic mass is 9.97. The highest BCUT2D eigenvalue weighted by atomic mass is 19.4. The van der Waals surface area contributed by atoms with Gasteiger partial charge in [-0.05, 0) is 17.5 Å². The first-order valence-corrected chi connectivity index (χ1v) is 7.50. The Balaban J connectivity index is 1.92. The molecule has 1 atom stereocenters. The number of rotatable bonds is 6. The first-order chi connectivity index (χ1) is 11.3. The van der Waals surface area contributed by atoms with Gasteiger partial charge < -0.3 is 10.1 Å². The standard InChI is InChI=1S/C18H18F3NO2/c1-13(14-7-3-2-4-8-14)11-17(23)22-12-15-9-5-6-10-16(15)24-18(19,20)21/h2-10,13H,11-12H2,1H3,(H,22,23). The van der Waals surface area contributed by atoms with Gasteiger partial charge in [-0.1, -0.05) is 55.5 Å². The maximum atomic E-state index is 12.4. The number of hydrogen-bond acceptors (Lipinski definition) is 2. The zero-order valence-electron chi connectivity index (χ0n) is 13.1. The quantitative estimate of drug-likeness (QED) is 0.849. The van der Waals surface area contributed by atoms with Crippen molar-refractivity contribution >= 4 is 5.91 Å². The minimum absolute atomic E-state index is 0.0212. The average molecular weight is 337 g/mol. The molecule has 0 saturated heterocycles. The van der Waals surface area contributed by atoms with Gasteiger partial charge in [-0.3, -0.25) is 4.79 Å². The van der Waals surface area contributed by atoms with Crippen LogP contribution < -0.4 is 10.1 Å². The van der Waals surface area contributed by atoms with E-state index < -0.39 is 6.36 Å². The molecule has 1 N–H and O–H groups in total. The highest BCUT2D eigenvalue weighted by Gasteiger charge is 2.31. The number of halogens is 3. The predicted octanol–water partition coefficient (Wildman–Crippen LogP) is 4.40. The zero-order chi connectivity index (χ0) is 17.6. The summed E-state index contributed by atoms with van der Waals surface area (Å²) in [5, 5.41) is 2.64. The molecule has 0 radical (unpaired) electrons. The van der Waals surface area contributed by atoms with E-state index >= 15 is 0 Å². The third kappa shape index (κ3) is 5.61. The molecule has 0 aliphatic heterocycles. The Kier molecular flexibility index (Phi) is 5.84. The van der Waals surface area contributed by atoms with Crippen LogP contribution in [0.5, 0.6) is 5.75 Å². The molecule has 0 spiro atoms. The first-order valence-electron chi connectivity index (χ1n) is 7.50. The summed E-state index contributed by atoms with van der Waals surface area (Å²) in [7, 11) is 0. The molecule has 2 rings (SSSR count). The summed E-state index contributed by atoms with van der Waals surface area (Å²) >= 11 is 0. The van der Waals surface area contributed by atoms with Gasteiger partial charge in [0.15, 0.2) is 0 Å². The number of nitrogens with one attached hydrogen (secondary N) is 1. The van der Waals surface area contributed by atoms with Crippen LogP contribution in [0.2, 0.25) is 0 Å². The van der Waals surface area contributed by atoms with Gasteiger partial charge >= 0.3 is 6.36 Å². The normalized spacial score (nSPS) is 12.5. The Hall–Kier alpha value is -2.50. The smallest absolute Gasteiger partial charge is 0.405 e. The third-order valence-corrected chi connectivity index (χ3v) is 3.53. The number of ether oxygens (including phenoxy) is 1. The Bertz CT molecular complexity index is 671. The summed E-state index contributed by atoms with van der Waals surface area (Å²) < 4.78 is 41.1. The van der Waals surface area contributed by atoms with E-state index in [9.17, 15) is 18.0 Å². The van der Waals surface area contributed by atoms with E-state index in [1.807, 2.05) is 37.3 Å². The van der Waals surface area contributed by atoms with Gasteiger partial charge in [0, 0.05) is 18.5 Å². The summed E-state index contributed by atoms with van der Waals surface area (Å²) in [6.45, 7) is 1.90. The van der Waals surface area contributed by atoms with Crippen LogP contribution in [-0.4, -0.2) is 12.3 Å². The molecule has 0 bridgehead atoms. The first kappa shape index (κ1) is 17.8. The molecule has 1 unspecified atom stereocenters. The van der Waals surface area contributed by atoms with Gasteiger partial charge in [0.05, 0.1) is 0 Å². The lowest BCUT2D eigenvalue weighted by Crippen LogP contribution is -2.25. The summed E-state index contributed by atoms with van der Waals surface area (Å²) in [5.74, 6) is -0.512. The number of carbonyl (C=O) groups excluding carboxylic acids is 1. The van der Waals surface area contributed by atoms with Crippen molar-refractivity contribution in [3.05, 3.63) is 65.7 Å². The third-order valence-electron chi connectivity index (χ3n) is 3.53. The van der Waals surface area contributed by atoms with Crippen molar-refractivity contribution in [2.24, 2.45) is 0 Å². The fourth-order valence-electron chi connectivity index (χ4n) is 2.32. The van der Waals surface area contributed by atoms with Crippen molar-refractivity contribution in [2.45, 2.75) is 32.2 Å². The predicted molar refractivity (Wildman–Crippen MR) is 84.4 cm³/mol. The van der Waals surface area contributed by atoms with Crippen molar-refractivity contribution in [1.29, 1.82) is 0 Å². The summed E-state index contributed by atoms with van der Waals surface area (Å²) in [5.41, 5.74) is 1.31. The number of benzene rings is 2. The van der Waals surface area contributed by atoms with E-state index in [1.54, 1.807) is 6.07 Å². The minimum Gasteiger partial charge on any atom is -0.405 e. The summed E-state index contributed by atoms with van der Waals surface area (Å²) in [6.07, 6.45) is -4.51. The lowest BCUT2D eigenvalue weighted by Gasteiger charge is -2.15. The van der Waals surface area contributed by atoms with Crippen LogP contribution in [0.25, 0.3) is 0 Å². The molecule has 24 heavy (non-hydrogen) atoms. The van der Waals surface area contributed by atoms with Gasteiger partial charge in [0.25, 0.3) is 0 Å². The van der Waals surface area contributed by atoms with Crippen molar-refractivity contribution in [1.82, 2.24) is 5.32 Å². The van der Waals surface area contributed by atoms with Crippen LogP contribution in [0.4, 0.5) is 13.2 Å². The topological polar surface area (TPSA) is 38.3 Å². The van der Waals surface area contributed by atoms with E-state index in [0.29, 0.717) is 0 Å². The van der Waals surface area contributed by atoms with Crippen molar-refractivity contribution in [3.63, 3.8) is 0 Å². The number of carbonyl (C=O) groups is 1. The second-order valence-corrected chi connectivity index (χ2v) is 5.45. The molecule has 0 heterocycles. The van der Waals surface area contributed by atoms with E-state index in [-0.39, 0.29) is 36.1 Å². The molecule has 128 valence electrons. The molecule has 0 aliphatic carbocycles. The van der Waals surface area contributed by atoms with E-state index in [2.05, 4.69) is 10.1 Å². The molecule has 0 fully saturated rings. The van der Waals surface area contributed by atoms with Crippen molar-refractivity contribution in [3.8, 4) is 5.75 Å². The van der Waals surface area contributed by atoms with Crippen LogP contribution in [0, 0.1) is 0 Å². The Morgan fingerprint density at radius 2 is 1.71 bits per heavy atom. The highest BCUT2D eigenvalue weighted by molar-refractivity contribution is 5.76. The van der Waals surface area contributed by atoms with Gasteiger partial charge in [-0.15, -0.1) is 13.2 Å². The lowest BCUT2D eigenvalue weighted by molar-refractivity contribution is -0.274. The van der Waals surface area contributed by atoms with Crippen LogP contribution in [0.3, 0.4) is 0 Å². The van der Waals surface area contributed by atoms with E-state index in [0.717, 1.165) is 5.56 Å². The fraction of sp³-hybridized carbons (Fsp3) is 0.278. The highest BCUT2D eigenvalue weighted by Crippen LogP contribution is 2.26. The van der Waals surface area contributed by atoms with Gasteiger partial charge in [-0.25, -0.2) is 0 Å². The molecule has 2 aromatic rings. The molecule has 3 nitrogen and oxygen atoms in total. The maximum absolute atomic E-state index is 12.4. The monoisotopic (exact) mass is 337 g/mol. The Morgan fingerprint density at radius 3 is 2.38 bits per heavy atom. The van der Waals surface area contributed by atoms with E-state index in [1.165, 1.54) is 18.2 Å². The van der Waals surface area contributed by atoms with Gasteiger partial charge in [0.2, 0.25) is 5.91 Å². The number of para-hydroxylation sites is 1. The van der Waals surface area contributed by atoms with Crippen molar-refractivity contribution in [2.75, 3.05) is 0 Å². The molecule has 6 heteroatoms. The number of alkyl halides is 3. The Labute approximate surface area is 138 Å². The maximum Gasteiger partial charge on any atom is 0.573 e. The molecule has 0 aromatic heterocycles. The molecule has 0 saturated carbocycles.